The molecule has 0 aromatic heterocycles. The van der Waals surface area contributed by atoms with Crippen LogP contribution in [0.4, 0.5) is 0 Å². The van der Waals surface area contributed by atoms with Gasteiger partial charge in [0.05, 0.1) is 18.7 Å². The fraction of sp³-hybridized carbons (Fsp3) is 0.294. The van der Waals surface area contributed by atoms with Crippen LogP contribution in [0.15, 0.2) is 42.5 Å². The normalized spacial score (nSPS) is 20.0. The second-order valence-corrected chi connectivity index (χ2v) is 5.22. The highest BCUT2D eigenvalue weighted by Crippen LogP contribution is 2.41. The Morgan fingerprint density at radius 3 is 2.77 bits per heavy atom. The van der Waals surface area contributed by atoms with Gasteiger partial charge in [-0.2, -0.15) is 0 Å². The molecule has 0 spiro atoms. The highest BCUT2D eigenvalue weighted by atomic mass is 16.5. The number of fused-ring (bicyclic) bond motifs is 1. The lowest BCUT2D eigenvalue weighted by Crippen LogP contribution is -2.36. The van der Waals surface area contributed by atoms with Gasteiger partial charge in [0.15, 0.2) is 0 Å². The summed E-state index contributed by atoms with van der Waals surface area (Å²) in [6, 6.07) is 12.9. The molecule has 0 radical (unpaired) electrons. The quantitative estimate of drug-likeness (QED) is 0.904. The molecule has 1 heterocycles. The Morgan fingerprint density at radius 1 is 1.27 bits per heavy atom. The van der Waals surface area contributed by atoms with E-state index in [4.69, 9.17) is 19.9 Å². The molecule has 3 rings (SSSR count). The molecule has 0 saturated carbocycles. The molecule has 5 heteroatoms. The van der Waals surface area contributed by atoms with Crippen LogP contribution in [0, 0.1) is 0 Å². The summed E-state index contributed by atoms with van der Waals surface area (Å²) in [7, 11) is 1.56. The minimum Gasteiger partial charge on any atom is -0.496 e. The predicted octanol–water partition coefficient (Wildman–Crippen LogP) is 2.03. The first-order valence-electron chi connectivity index (χ1n) is 7.14. The molecule has 0 fully saturated rings. The summed E-state index contributed by atoms with van der Waals surface area (Å²) in [5.74, 6) is 1.80. The summed E-state index contributed by atoms with van der Waals surface area (Å²) in [6.07, 6.45) is -0.738. The predicted molar refractivity (Wildman–Crippen MR) is 82.2 cm³/mol. The average molecular weight is 301 g/mol. The number of hydrogen-bond acceptors (Lipinski definition) is 5. The van der Waals surface area contributed by atoms with Crippen molar-refractivity contribution in [1.82, 2.24) is 0 Å². The van der Waals surface area contributed by atoms with Crippen LogP contribution in [-0.4, -0.2) is 24.9 Å². The lowest BCUT2D eigenvalue weighted by atomic mass is 9.98. The highest BCUT2D eigenvalue weighted by molar-refractivity contribution is 5.53. The average Bonchev–Trinajstić information content (AvgIpc) is 2.56. The summed E-state index contributed by atoms with van der Waals surface area (Å²) >= 11 is 0. The van der Waals surface area contributed by atoms with Crippen molar-refractivity contribution in [2.45, 2.75) is 18.8 Å². The Hall–Kier alpha value is -2.24. The molecule has 3 N–H and O–H groups in total. The maximum atomic E-state index is 9.83. The van der Waals surface area contributed by atoms with Crippen molar-refractivity contribution in [3.8, 4) is 17.2 Å². The number of nitrogens with two attached hydrogens (primary N) is 1. The third-order valence-electron chi connectivity index (χ3n) is 3.70. The number of rotatable bonds is 4. The number of aliphatic hydroxyl groups is 1. The van der Waals surface area contributed by atoms with Gasteiger partial charge in [0, 0.05) is 12.1 Å². The van der Waals surface area contributed by atoms with Crippen LogP contribution in [0.3, 0.4) is 0 Å². The molecule has 2 aromatic rings. The van der Waals surface area contributed by atoms with Gasteiger partial charge in [-0.15, -0.1) is 0 Å². The van der Waals surface area contributed by atoms with Crippen molar-refractivity contribution in [2.24, 2.45) is 5.73 Å². The third kappa shape index (κ3) is 2.86. The van der Waals surface area contributed by atoms with Gasteiger partial charge in [-0.05, 0) is 5.56 Å². The molecular formula is C17H19NO4. The summed E-state index contributed by atoms with van der Waals surface area (Å²) < 4.78 is 16.7. The van der Waals surface area contributed by atoms with E-state index < -0.39 is 12.1 Å². The molecular weight excluding hydrogens is 282 g/mol. The van der Waals surface area contributed by atoms with E-state index >= 15 is 0 Å². The first-order valence-corrected chi connectivity index (χ1v) is 7.14. The lowest BCUT2D eigenvalue weighted by Gasteiger charge is -2.29. The Balaban J connectivity index is 1.85. The molecule has 5 nitrogen and oxygen atoms in total. The van der Waals surface area contributed by atoms with Gasteiger partial charge in [-0.1, -0.05) is 30.3 Å². The van der Waals surface area contributed by atoms with Crippen LogP contribution in [0.2, 0.25) is 0 Å². The second kappa shape index (κ2) is 6.25. The Morgan fingerprint density at radius 2 is 2.05 bits per heavy atom. The topological polar surface area (TPSA) is 73.9 Å². The molecule has 1 aliphatic heterocycles. The molecule has 0 unspecified atom stereocenters. The summed E-state index contributed by atoms with van der Waals surface area (Å²) in [6.45, 7) is 0.622. The summed E-state index contributed by atoms with van der Waals surface area (Å²) in [4.78, 5) is 0. The van der Waals surface area contributed by atoms with Crippen LogP contribution in [0.25, 0.3) is 0 Å². The zero-order chi connectivity index (χ0) is 15.5. The van der Waals surface area contributed by atoms with Gasteiger partial charge < -0.3 is 25.1 Å². The third-order valence-corrected chi connectivity index (χ3v) is 3.70. The molecule has 1 aliphatic rings. The van der Waals surface area contributed by atoms with E-state index in [2.05, 4.69) is 0 Å². The van der Waals surface area contributed by atoms with Crippen molar-refractivity contribution >= 4 is 0 Å². The molecule has 2 atom stereocenters. The van der Waals surface area contributed by atoms with Crippen LogP contribution < -0.4 is 19.9 Å². The number of methoxy groups -OCH3 is 1. The van der Waals surface area contributed by atoms with E-state index in [1.54, 1.807) is 19.2 Å². The minimum atomic E-state index is -0.738. The first kappa shape index (κ1) is 14.7. The zero-order valence-electron chi connectivity index (χ0n) is 12.4. The molecule has 116 valence electrons. The van der Waals surface area contributed by atoms with Crippen molar-refractivity contribution in [3.05, 3.63) is 53.6 Å². The molecule has 0 amide bonds. The molecule has 2 aromatic carbocycles. The fourth-order valence-corrected chi connectivity index (χ4v) is 2.49. The lowest BCUT2D eigenvalue weighted by molar-refractivity contribution is 0.0661. The standard InChI is InChI=1S/C17H19NO4/c1-20-14-7-12(21-9-11-5-3-2-4-6-11)8-15-16(14)17(18)13(19)10-22-15/h2-8,13,17,19H,9-10,18H2,1H3/t13-,17-/m1/s1. The monoisotopic (exact) mass is 301 g/mol. The minimum absolute atomic E-state index is 0.166. The zero-order valence-corrected chi connectivity index (χ0v) is 12.4. The van der Waals surface area contributed by atoms with Gasteiger partial charge in [0.25, 0.3) is 0 Å². The van der Waals surface area contributed by atoms with E-state index in [-0.39, 0.29) is 6.61 Å². The van der Waals surface area contributed by atoms with Crippen molar-refractivity contribution < 1.29 is 19.3 Å². The van der Waals surface area contributed by atoms with Crippen molar-refractivity contribution in [3.63, 3.8) is 0 Å². The summed E-state index contributed by atoms with van der Waals surface area (Å²) in [5.41, 5.74) is 7.78. The molecule has 0 aliphatic carbocycles. The van der Waals surface area contributed by atoms with E-state index in [0.717, 1.165) is 5.56 Å². The molecule has 22 heavy (non-hydrogen) atoms. The van der Waals surface area contributed by atoms with E-state index in [0.29, 0.717) is 29.4 Å². The van der Waals surface area contributed by atoms with Crippen molar-refractivity contribution in [1.29, 1.82) is 0 Å². The SMILES string of the molecule is COc1cc(OCc2ccccc2)cc2c1[C@H](N)[C@H](O)CO2. The van der Waals surface area contributed by atoms with Gasteiger partial charge in [0.2, 0.25) is 0 Å². The van der Waals surface area contributed by atoms with Crippen LogP contribution in [0.5, 0.6) is 17.2 Å². The van der Waals surface area contributed by atoms with Gasteiger partial charge in [-0.25, -0.2) is 0 Å². The number of hydrogen-bond donors (Lipinski definition) is 2. The number of aliphatic hydroxyl groups excluding tert-OH is 1. The first-order chi connectivity index (χ1) is 10.7. The van der Waals surface area contributed by atoms with Crippen LogP contribution >= 0.6 is 0 Å². The maximum absolute atomic E-state index is 9.83. The summed E-state index contributed by atoms with van der Waals surface area (Å²) in [5, 5.41) is 9.83. The molecule has 0 saturated heterocycles. The number of ether oxygens (including phenoxy) is 3. The van der Waals surface area contributed by atoms with E-state index in [9.17, 15) is 5.11 Å². The maximum Gasteiger partial charge on any atom is 0.131 e. The van der Waals surface area contributed by atoms with Gasteiger partial charge in [0.1, 0.15) is 36.6 Å². The van der Waals surface area contributed by atoms with Crippen molar-refractivity contribution in [2.75, 3.05) is 13.7 Å². The smallest absolute Gasteiger partial charge is 0.131 e. The van der Waals surface area contributed by atoms with Gasteiger partial charge >= 0.3 is 0 Å². The highest BCUT2D eigenvalue weighted by Gasteiger charge is 2.30. The molecule has 0 bridgehead atoms. The number of benzene rings is 2. The van der Waals surface area contributed by atoms with Gasteiger partial charge in [-0.3, -0.25) is 0 Å². The van der Waals surface area contributed by atoms with E-state index in [1.807, 2.05) is 30.3 Å². The van der Waals surface area contributed by atoms with Crippen LogP contribution in [-0.2, 0) is 6.61 Å². The Kier molecular flexibility index (Phi) is 4.18. The largest absolute Gasteiger partial charge is 0.496 e. The van der Waals surface area contributed by atoms with Crippen LogP contribution in [0.1, 0.15) is 17.2 Å². The Labute approximate surface area is 129 Å². The fourth-order valence-electron chi connectivity index (χ4n) is 2.49. The second-order valence-electron chi connectivity index (χ2n) is 5.22. The van der Waals surface area contributed by atoms with E-state index in [1.165, 1.54) is 0 Å². The Bertz CT molecular complexity index is 627.